The Balaban J connectivity index is 1.73. The third-order valence-electron chi connectivity index (χ3n) is 4.62. The maximum absolute atomic E-state index is 4.76. The van der Waals surface area contributed by atoms with Gasteiger partial charge < -0.3 is 5.32 Å². The van der Waals surface area contributed by atoms with E-state index in [1.165, 1.54) is 0 Å². The largest absolute Gasteiger partial charge is 0.363 e. The molecule has 4 rings (SSSR count). The van der Waals surface area contributed by atoms with Gasteiger partial charge in [0.15, 0.2) is 5.65 Å². The lowest BCUT2D eigenvalue weighted by molar-refractivity contribution is 0.770. The van der Waals surface area contributed by atoms with Gasteiger partial charge in [0, 0.05) is 25.9 Å². The number of fused-ring (bicyclic) bond motifs is 1. The molecule has 7 nitrogen and oxygen atoms in total. The maximum Gasteiger partial charge on any atom is 0.163 e. The van der Waals surface area contributed by atoms with Gasteiger partial charge >= 0.3 is 0 Å². The van der Waals surface area contributed by atoms with Crippen LogP contribution >= 0.6 is 0 Å². The van der Waals surface area contributed by atoms with Crippen LogP contribution < -0.4 is 5.32 Å². The number of nitrogens with one attached hydrogen (secondary N) is 1. The minimum absolute atomic E-state index is 0.0400. The zero-order chi connectivity index (χ0) is 18.8. The molecule has 0 aliphatic rings. The molecule has 0 radical (unpaired) electrons. The summed E-state index contributed by atoms with van der Waals surface area (Å²) < 4.78 is 3.68. The van der Waals surface area contributed by atoms with Crippen molar-refractivity contribution >= 4 is 16.9 Å². The molecule has 4 aromatic rings. The first-order chi connectivity index (χ1) is 13.2. The third kappa shape index (κ3) is 3.28. The molecule has 0 amide bonds. The van der Waals surface area contributed by atoms with Gasteiger partial charge in [-0.2, -0.15) is 10.2 Å². The quantitative estimate of drug-likeness (QED) is 0.567. The van der Waals surface area contributed by atoms with Crippen LogP contribution in [0.1, 0.15) is 37.7 Å². The van der Waals surface area contributed by atoms with E-state index in [0.29, 0.717) is 0 Å². The van der Waals surface area contributed by atoms with E-state index in [-0.39, 0.29) is 6.04 Å². The Bertz CT molecular complexity index is 1050. The molecule has 27 heavy (non-hydrogen) atoms. The molecule has 138 valence electrons. The third-order valence-corrected chi connectivity index (χ3v) is 4.62. The van der Waals surface area contributed by atoms with E-state index < -0.39 is 0 Å². The van der Waals surface area contributed by atoms with Crippen LogP contribution in [-0.4, -0.2) is 29.5 Å². The molecular formula is C20H23N7. The Morgan fingerprint density at radius 2 is 1.96 bits per heavy atom. The summed E-state index contributed by atoms with van der Waals surface area (Å²) in [6, 6.07) is 10.2. The number of hydrogen-bond donors (Lipinski definition) is 1. The maximum atomic E-state index is 4.76. The van der Waals surface area contributed by atoms with Crippen LogP contribution in [0.4, 0.5) is 5.82 Å². The van der Waals surface area contributed by atoms with Crippen molar-refractivity contribution in [3.05, 3.63) is 60.3 Å². The molecule has 7 heteroatoms. The predicted octanol–water partition coefficient (Wildman–Crippen LogP) is 3.67. The zero-order valence-corrected chi connectivity index (χ0v) is 15.8. The average Bonchev–Trinajstić information content (AvgIpc) is 3.33. The normalized spacial score (nSPS) is 12.4. The van der Waals surface area contributed by atoms with Crippen molar-refractivity contribution < 1.29 is 0 Å². The van der Waals surface area contributed by atoms with Gasteiger partial charge in [0.2, 0.25) is 0 Å². The van der Waals surface area contributed by atoms with E-state index in [1.54, 1.807) is 10.9 Å². The first kappa shape index (κ1) is 17.2. The lowest BCUT2D eigenvalue weighted by Gasteiger charge is -2.19. The fourth-order valence-electron chi connectivity index (χ4n) is 3.27. The van der Waals surface area contributed by atoms with Crippen molar-refractivity contribution in [3.63, 3.8) is 0 Å². The average molecular weight is 361 g/mol. The van der Waals surface area contributed by atoms with Crippen molar-refractivity contribution in [2.75, 3.05) is 5.32 Å². The van der Waals surface area contributed by atoms with E-state index in [1.807, 2.05) is 42.3 Å². The van der Waals surface area contributed by atoms with E-state index in [2.05, 4.69) is 46.5 Å². The van der Waals surface area contributed by atoms with Crippen LogP contribution in [0.5, 0.6) is 0 Å². The van der Waals surface area contributed by atoms with Crippen molar-refractivity contribution in [3.8, 4) is 5.69 Å². The molecule has 0 saturated carbocycles. The SMILES string of the molecule is CCCc1nc(NC(C)c2ccccc2-n2cccn2)c2cnn(C)c2n1. The first-order valence-corrected chi connectivity index (χ1v) is 9.21. The van der Waals surface area contributed by atoms with Crippen LogP contribution in [0, 0.1) is 0 Å². The van der Waals surface area contributed by atoms with Crippen LogP contribution in [0.2, 0.25) is 0 Å². The van der Waals surface area contributed by atoms with E-state index in [9.17, 15) is 0 Å². The van der Waals surface area contributed by atoms with Gasteiger partial charge in [-0.15, -0.1) is 0 Å². The fraction of sp³-hybridized carbons (Fsp3) is 0.300. The summed E-state index contributed by atoms with van der Waals surface area (Å²) in [6.07, 6.45) is 7.40. The van der Waals surface area contributed by atoms with E-state index in [4.69, 9.17) is 4.98 Å². The molecular weight excluding hydrogens is 338 g/mol. The van der Waals surface area contributed by atoms with Crippen LogP contribution in [0.3, 0.4) is 0 Å². The highest BCUT2D eigenvalue weighted by atomic mass is 15.3. The lowest BCUT2D eigenvalue weighted by atomic mass is 10.1. The summed E-state index contributed by atoms with van der Waals surface area (Å²) in [5, 5.41) is 13.2. The van der Waals surface area contributed by atoms with Gasteiger partial charge in [0.1, 0.15) is 11.6 Å². The molecule has 0 spiro atoms. The number of para-hydroxylation sites is 1. The number of hydrogen-bond acceptors (Lipinski definition) is 5. The standard InChI is InChI=1S/C20H23N7/c1-4-8-18-24-19(16-13-22-26(3)20(16)25-18)23-14(2)15-9-5-6-10-17(15)27-12-7-11-21-27/h5-7,9-14H,4,8H2,1-3H3,(H,23,24,25). The van der Waals surface area contributed by atoms with Gasteiger partial charge in [0.25, 0.3) is 0 Å². The number of benzene rings is 1. The minimum atomic E-state index is 0.0400. The van der Waals surface area contributed by atoms with Crippen molar-refractivity contribution in [1.82, 2.24) is 29.5 Å². The molecule has 1 unspecified atom stereocenters. The smallest absolute Gasteiger partial charge is 0.163 e. The van der Waals surface area contributed by atoms with Gasteiger partial charge in [0.05, 0.1) is 23.3 Å². The Morgan fingerprint density at radius 1 is 1.11 bits per heavy atom. The van der Waals surface area contributed by atoms with Gasteiger partial charge in [-0.1, -0.05) is 25.1 Å². The Morgan fingerprint density at radius 3 is 2.74 bits per heavy atom. The summed E-state index contributed by atoms with van der Waals surface area (Å²) in [4.78, 5) is 9.42. The van der Waals surface area contributed by atoms with Crippen molar-refractivity contribution in [2.24, 2.45) is 7.05 Å². The number of aryl methyl sites for hydroxylation is 2. The summed E-state index contributed by atoms with van der Waals surface area (Å²) in [7, 11) is 1.91. The molecule has 3 heterocycles. The van der Waals surface area contributed by atoms with Crippen molar-refractivity contribution in [2.45, 2.75) is 32.7 Å². The molecule has 1 N–H and O–H groups in total. The van der Waals surface area contributed by atoms with Gasteiger partial charge in [-0.05, 0) is 31.0 Å². The van der Waals surface area contributed by atoms with E-state index in [0.717, 1.165) is 46.8 Å². The molecule has 0 fully saturated rings. The fourth-order valence-corrected chi connectivity index (χ4v) is 3.27. The summed E-state index contributed by atoms with van der Waals surface area (Å²) >= 11 is 0. The van der Waals surface area contributed by atoms with Gasteiger partial charge in [-0.25, -0.2) is 14.6 Å². The second-order valence-corrected chi connectivity index (χ2v) is 6.62. The molecule has 0 aliphatic carbocycles. The summed E-state index contributed by atoms with van der Waals surface area (Å²) in [5.41, 5.74) is 3.05. The Kier molecular flexibility index (Phi) is 4.58. The number of nitrogens with zero attached hydrogens (tertiary/aromatic N) is 6. The highest BCUT2D eigenvalue weighted by molar-refractivity contribution is 5.86. The Labute approximate surface area is 158 Å². The Hall–Kier alpha value is -3.22. The number of rotatable bonds is 6. The highest BCUT2D eigenvalue weighted by Crippen LogP contribution is 2.27. The number of aromatic nitrogens is 6. The highest BCUT2D eigenvalue weighted by Gasteiger charge is 2.16. The molecule has 0 aliphatic heterocycles. The lowest BCUT2D eigenvalue weighted by Crippen LogP contribution is -2.13. The van der Waals surface area contributed by atoms with Crippen LogP contribution in [0.25, 0.3) is 16.7 Å². The topological polar surface area (TPSA) is 73.5 Å². The van der Waals surface area contributed by atoms with Gasteiger partial charge in [-0.3, -0.25) is 4.68 Å². The monoisotopic (exact) mass is 361 g/mol. The summed E-state index contributed by atoms with van der Waals surface area (Å²) in [6.45, 7) is 4.26. The van der Waals surface area contributed by atoms with E-state index >= 15 is 0 Å². The molecule has 0 bridgehead atoms. The van der Waals surface area contributed by atoms with Crippen molar-refractivity contribution in [1.29, 1.82) is 0 Å². The second kappa shape index (κ2) is 7.19. The molecule has 1 atom stereocenters. The molecule has 0 saturated heterocycles. The zero-order valence-electron chi connectivity index (χ0n) is 15.8. The van der Waals surface area contributed by atoms with Crippen LogP contribution in [0.15, 0.2) is 48.9 Å². The van der Waals surface area contributed by atoms with Crippen LogP contribution in [-0.2, 0) is 13.5 Å². The predicted molar refractivity (Wildman–Crippen MR) is 106 cm³/mol. The second-order valence-electron chi connectivity index (χ2n) is 6.62. The number of anilines is 1. The molecule has 1 aromatic carbocycles. The first-order valence-electron chi connectivity index (χ1n) is 9.21. The molecule has 3 aromatic heterocycles. The minimum Gasteiger partial charge on any atom is -0.363 e. The summed E-state index contributed by atoms with van der Waals surface area (Å²) in [5.74, 6) is 1.66.